The van der Waals surface area contributed by atoms with Gasteiger partial charge in [0, 0.05) is 22.0 Å². The monoisotopic (exact) mass is 385 g/mol. The van der Waals surface area contributed by atoms with Crippen molar-refractivity contribution in [2.45, 2.75) is 11.1 Å². The largest absolute Gasteiger partial charge is 0.452 e. The fraction of sp³-hybridized carbons (Fsp3) is 0.176. The van der Waals surface area contributed by atoms with Crippen LogP contribution in [-0.4, -0.2) is 28.9 Å². The SMILES string of the molecule is C[S@](=O)c1ccc(C(=O)OCC(=O)Nc2ccccc2C(F)(F)F)cc1. The van der Waals surface area contributed by atoms with E-state index in [1.54, 1.807) is 0 Å². The molecule has 0 unspecified atom stereocenters. The van der Waals surface area contributed by atoms with Crippen LogP contribution in [0.3, 0.4) is 0 Å². The van der Waals surface area contributed by atoms with Gasteiger partial charge in [-0.2, -0.15) is 13.2 Å². The number of amides is 1. The molecule has 0 aliphatic carbocycles. The number of halogens is 3. The minimum atomic E-state index is -4.62. The van der Waals surface area contributed by atoms with Crippen molar-refractivity contribution < 1.29 is 31.7 Å². The van der Waals surface area contributed by atoms with Gasteiger partial charge in [-0.1, -0.05) is 12.1 Å². The first-order valence-corrected chi connectivity index (χ1v) is 8.81. The standard InChI is InChI=1S/C17H14F3NO4S/c1-26(24)12-8-6-11(7-9-12)16(23)25-10-15(22)21-14-5-3-2-4-13(14)17(18,19)20/h2-9H,10H2,1H3,(H,21,22)/t26-/m0/s1. The molecule has 5 nitrogen and oxygen atoms in total. The molecule has 138 valence electrons. The Kier molecular flexibility index (Phi) is 6.14. The van der Waals surface area contributed by atoms with Crippen molar-refractivity contribution in [1.29, 1.82) is 0 Å². The van der Waals surface area contributed by atoms with E-state index in [-0.39, 0.29) is 5.56 Å². The van der Waals surface area contributed by atoms with E-state index in [0.717, 1.165) is 12.1 Å². The van der Waals surface area contributed by atoms with Gasteiger partial charge in [0.15, 0.2) is 6.61 Å². The second kappa shape index (κ2) is 8.13. The molecular formula is C17H14F3NO4S. The number of nitrogens with one attached hydrogen (secondary N) is 1. The predicted molar refractivity (Wildman–Crippen MR) is 89.1 cm³/mol. The molecule has 0 fully saturated rings. The van der Waals surface area contributed by atoms with Crippen LogP contribution in [0.25, 0.3) is 0 Å². The molecule has 9 heteroatoms. The summed E-state index contributed by atoms with van der Waals surface area (Å²) in [5, 5.41) is 2.07. The average molecular weight is 385 g/mol. The molecule has 0 aromatic heterocycles. The van der Waals surface area contributed by atoms with Gasteiger partial charge in [-0.25, -0.2) is 4.79 Å². The molecule has 1 amide bonds. The van der Waals surface area contributed by atoms with Gasteiger partial charge in [-0.05, 0) is 36.4 Å². The molecule has 2 aromatic carbocycles. The van der Waals surface area contributed by atoms with Crippen molar-refractivity contribution in [3.05, 3.63) is 59.7 Å². The lowest BCUT2D eigenvalue weighted by Gasteiger charge is -2.13. The molecule has 0 aliphatic heterocycles. The number of alkyl halides is 3. The molecule has 2 rings (SSSR count). The predicted octanol–water partition coefficient (Wildman–Crippen LogP) is 3.24. The highest BCUT2D eigenvalue weighted by Crippen LogP contribution is 2.34. The number of carbonyl (C=O) groups excluding carboxylic acids is 2. The fourth-order valence-corrected chi connectivity index (χ4v) is 2.54. The molecule has 1 N–H and O–H groups in total. The zero-order chi connectivity index (χ0) is 19.3. The summed E-state index contributed by atoms with van der Waals surface area (Å²) in [6.07, 6.45) is -3.14. The Labute approximate surface area is 149 Å². The maximum Gasteiger partial charge on any atom is 0.418 e. The van der Waals surface area contributed by atoms with Gasteiger partial charge in [0.1, 0.15) is 0 Å². The molecular weight excluding hydrogens is 371 g/mol. The van der Waals surface area contributed by atoms with Gasteiger partial charge in [0.2, 0.25) is 0 Å². The Hall–Kier alpha value is -2.68. The highest BCUT2D eigenvalue weighted by Gasteiger charge is 2.33. The molecule has 26 heavy (non-hydrogen) atoms. The van der Waals surface area contributed by atoms with Crippen LogP contribution in [0.4, 0.5) is 18.9 Å². The Morgan fingerprint density at radius 2 is 1.69 bits per heavy atom. The second-order valence-corrected chi connectivity index (χ2v) is 6.53. The highest BCUT2D eigenvalue weighted by atomic mass is 32.2. The van der Waals surface area contributed by atoms with E-state index in [0.29, 0.717) is 4.90 Å². The Morgan fingerprint density at radius 1 is 1.08 bits per heavy atom. The van der Waals surface area contributed by atoms with Gasteiger partial charge in [-0.15, -0.1) is 0 Å². The normalized spacial score (nSPS) is 12.3. The molecule has 0 bridgehead atoms. The Balaban J connectivity index is 1.97. The van der Waals surface area contributed by atoms with Crippen molar-refractivity contribution in [2.75, 3.05) is 18.2 Å². The minimum absolute atomic E-state index is 0.127. The van der Waals surface area contributed by atoms with Crippen molar-refractivity contribution in [3.8, 4) is 0 Å². The first-order valence-electron chi connectivity index (χ1n) is 7.25. The number of hydrogen-bond donors (Lipinski definition) is 1. The first kappa shape index (κ1) is 19.6. The summed E-state index contributed by atoms with van der Waals surface area (Å²) < 4.78 is 54.7. The second-order valence-electron chi connectivity index (χ2n) is 5.15. The van der Waals surface area contributed by atoms with E-state index in [1.165, 1.54) is 42.7 Å². The number of para-hydroxylation sites is 1. The smallest absolute Gasteiger partial charge is 0.418 e. The number of rotatable bonds is 5. The van der Waals surface area contributed by atoms with Crippen LogP contribution in [0.2, 0.25) is 0 Å². The summed E-state index contributed by atoms with van der Waals surface area (Å²) in [7, 11) is -1.20. The van der Waals surface area contributed by atoms with Crippen molar-refractivity contribution in [2.24, 2.45) is 0 Å². The summed E-state index contributed by atoms with van der Waals surface area (Å²) in [6.45, 7) is -0.744. The van der Waals surface area contributed by atoms with Crippen LogP contribution in [-0.2, 0) is 26.5 Å². The molecule has 0 saturated heterocycles. The van der Waals surface area contributed by atoms with E-state index in [2.05, 4.69) is 5.32 Å². The summed E-state index contributed by atoms with van der Waals surface area (Å²) in [5.41, 5.74) is -1.29. The third kappa shape index (κ3) is 5.16. The number of ether oxygens (including phenoxy) is 1. The summed E-state index contributed by atoms with van der Waals surface area (Å²) in [4.78, 5) is 24.1. The molecule has 2 aromatic rings. The Morgan fingerprint density at radius 3 is 2.27 bits per heavy atom. The van der Waals surface area contributed by atoms with Crippen molar-refractivity contribution in [3.63, 3.8) is 0 Å². The zero-order valence-corrected chi connectivity index (χ0v) is 14.3. The van der Waals surface area contributed by atoms with Gasteiger partial charge in [-0.3, -0.25) is 9.00 Å². The lowest BCUT2D eigenvalue weighted by molar-refractivity contribution is -0.137. The minimum Gasteiger partial charge on any atom is -0.452 e. The fourth-order valence-electron chi connectivity index (χ4n) is 2.02. The van der Waals surface area contributed by atoms with Crippen LogP contribution < -0.4 is 5.32 Å². The van der Waals surface area contributed by atoms with Crippen molar-refractivity contribution >= 4 is 28.4 Å². The summed E-state index contributed by atoms with van der Waals surface area (Å²) in [6, 6.07) is 10.2. The third-order valence-corrected chi connectivity index (χ3v) is 4.20. The van der Waals surface area contributed by atoms with E-state index in [1.807, 2.05) is 0 Å². The quantitative estimate of drug-likeness (QED) is 0.802. The number of benzene rings is 2. The summed E-state index contributed by atoms with van der Waals surface area (Å²) in [5.74, 6) is -1.72. The van der Waals surface area contributed by atoms with Crippen LogP contribution in [0.15, 0.2) is 53.4 Å². The number of esters is 1. The Bertz CT molecular complexity index is 835. The third-order valence-electron chi connectivity index (χ3n) is 3.26. The molecule has 0 spiro atoms. The first-order chi connectivity index (χ1) is 12.2. The van der Waals surface area contributed by atoms with Crippen LogP contribution >= 0.6 is 0 Å². The number of hydrogen-bond acceptors (Lipinski definition) is 4. The highest BCUT2D eigenvalue weighted by molar-refractivity contribution is 7.84. The average Bonchev–Trinajstić information content (AvgIpc) is 2.59. The lowest BCUT2D eigenvalue weighted by Crippen LogP contribution is -2.22. The summed E-state index contributed by atoms with van der Waals surface area (Å²) >= 11 is 0. The maximum atomic E-state index is 12.9. The molecule has 0 saturated carbocycles. The molecule has 0 radical (unpaired) electrons. The van der Waals surface area contributed by atoms with E-state index >= 15 is 0 Å². The van der Waals surface area contributed by atoms with Crippen LogP contribution in [0.5, 0.6) is 0 Å². The van der Waals surface area contributed by atoms with E-state index in [4.69, 9.17) is 4.74 Å². The molecule has 0 aliphatic rings. The van der Waals surface area contributed by atoms with Gasteiger partial charge >= 0.3 is 12.1 Å². The van der Waals surface area contributed by atoms with Gasteiger partial charge < -0.3 is 10.1 Å². The maximum absolute atomic E-state index is 12.9. The van der Waals surface area contributed by atoms with E-state index < -0.39 is 46.7 Å². The lowest BCUT2D eigenvalue weighted by atomic mass is 10.1. The zero-order valence-electron chi connectivity index (χ0n) is 13.5. The van der Waals surface area contributed by atoms with Crippen LogP contribution in [0, 0.1) is 0 Å². The van der Waals surface area contributed by atoms with E-state index in [9.17, 15) is 27.0 Å². The van der Waals surface area contributed by atoms with Gasteiger partial charge in [0.25, 0.3) is 5.91 Å². The molecule has 0 heterocycles. The molecule has 1 atom stereocenters. The number of carbonyl (C=O) groups is 2. The van der Waals surface area contributed by atoms with Crippen LogP contribution in [0.1, 0.15) is 15.9 Å². The number of anilines is 1. The van der Waals surface area contributed by atoms with Gasteiger partial charge in [0.05, 0.1) is 16.8 Å². The topological polar surface area (TPSA) is 72.5 Å². The van der Waals surface area contributed by atoms with Crippen molar-refractivity contribution in [1.82, 2.24) is 0 Å².